The second kappa shape index (κ2) is 4.88. The fourth-order valence-electron chi connectivity index (χ4n) is 0.105. The maximum Gasteiger partial charge on any atom is 0.0646 e. The van der Waals surface area contributed by atoms with E-state index < -0.39 is 0 Å². The Morgan fingerprint density at radius 3 is 2.67 bits per heavy atom. The van der Waals surface area contributed by atoms with E-state index in [1.54, 1.807) is 0 Å². The summed E-state index contributed by atoms with van der Waals surface area (Å²) < 4.78 is 4.48. The number of hydrogen-bond acceptors (Lipinski definition) is 2. The standard InChI is InChI=1S/C3H6NOP/c4-2-1-3-5-6/h1,3,6H2. The van der Waals surface area contributed by atoms with E-state index >= 15 is 0 Å². The highest BCUT2D eigenvalue weighted by Crippen LogP contribution is 1.84. The molecule has 0 spiro atoms. The molecular weight excluding hydrogens is 97.0 g/mol. The quantitative estimate of drug-likeness (QED) is 0.381. The molecule has 0 aliphatic rings. The third kappa shape index (κ3) is 3.88. The highest BCUT2D eigenvalue weighted by Gasteiger charge is 1.73. The van der Waals surface area contributed by atoms with Crippen LogP contribution >= 0.6 is 9.47 Å². The Kier molecular flexibility index (Phi) is 4.78. The summed E-state index contributed by atoms with van der Waals surface area (Å²) in [7, 11) is 2.08. The largest absolute Gasteiger partial charge is 0.365 e. The van der Waals surface area contributed by atoms with E-state index in [0.29, 0.717) is 13.0 Å². The molecule has 2 nitrogen and oxygen atoms in total. The van der Waals surface area contributed by atoms with Gasteiger partial charge >= 0.3 is 0 Å². The van der Waals surface area contributed by atoms with Crippen LogP contribution in [-0.2, 0) is 4.52 Å². The first-order chi connectivity index (χ1) is 2.91. The van der Waals surface area contributed by atoms with Gasteiger partial charge < -0.3 is 4.52 Å². The molecule has 0 aromatic heterocycles. The summed E-state index contributed by atoms with van der Waals surface area (Å²) >= 11 is 0. The minimum Gasteiger partial charge on any atom is -0.365 e. The van der Waals surface area contributed by atoms with Crippen molar-refractivity contribution in [1.29, 1.82) is 5.26 Å². The molecule has 0 heterocycles. The smallest absolute Gasteiger partial charge is 0.0646 e. The van der Waals surface area contributed by atoms with E-state index in [1.807, 2.05) is 6.07 Å². The van der Waals surface area contributed by atoms with Crippen LogP contribution in [0.1, 0.15) is 6.42 Å². The van der Waals surface area contributed by atoms with Gasteiger partial charge in [0, 0.05) is 9.47 Å². The molecule has 0 aromatic carbocycles. The Bertz CT molecular complexity index is 58.3. The number of hydrogen-bond donors (Lipinski definition) is 0. The average Bonchev–Trinajstić information content (AvgIpc) is 1.61. The van der Waals surface area contributed by atoms with Gasteiger partial charge in [0.2, 0.25) is 0 Å². The zero-order valence-corrected chi connectivity index (χ0v) is 4.50. The molecule has 34 valence electrons. The second-order valence-corrected chi connectivity index (χ2v) is 1.11. The van der Waals surface area contributed by atoms with Crippen LogP contribution in [0.3, 0.4) is 0 Å². The molecular formula is C3H6NOP. The molecule has 0 radical (unpaired) electrons. The first kappa shape index (κ1) is 5.88. The van der Waals surface area contributed by atoms with Crippen molar-refractivity contribution >= 4 is 9.47 Å². The van der Waals surface area contributed by atoms with Crippen LogP contribution in [0.25, 0.3) is 0 Å². The van der Waals surface area contributed by atoms with Gasteiger partial charge in [-0.3, -0.25) is 0 Å². The van der Waals surface area contributed by atoms with E-state index in [-0.39, 0.29) is 0 Å². The maximum absolute atomic E-state index is 7.86. The van der Waals surface area contributed by atoms with Gasteiger partial charge in [-0.25, -0.2) is 0 Å². The predicted octanol–water partition coefficient (Wildman–Crippen LogP) is 0.707. The normalized spacial score (nSPS) is 7.33. The lowest BCUT2D eigenvalue weighted by Gasteiger charge is -1.82. The first-order valence-corrected chi connectivity index (χ1v) is 2.07. The average molecular weight is 103 g/mol. The molecule has 0 N–H and O–H groups in total. The van der Waals surface area contributed by atoms with Crippen LogP contribution < -0.4 is 0 Å². The van der Waals surface area contributed by atoms with Gasteiger partial charge in [0.15, 0.2) is 0 Å². The Morgan fingerprint density at radius 2 is 2.50 bits per heavy atom. The molecule has 0 amide bonds. The third-order valence-electron chi connectivity index (χ3n) is 0.332. The lowest BCUT2D eigenvalue weighted by molar-refractivity contribution is 0.383. The molecule has 0 aromatic rings. The topological polar surface area (TPSA) is 33.0 Å². The lowest BCUT2D eigenvalue weighted by Crippen LogP contribution is -1.76. The molecule has 0 saturated heterocycles. The minimum atomic E-state index is 0.476. The molecule has 0 aliphatic carbocycles. The summed E-state index contributed by atoms with van der Waals surface area (Å²) in [5.41, 5.74) is 0. The van der Waals surface area contributed by atoms with Gasteiger partial charge in [0.1, 0.15) is 0 Å². The molecule has 0 rings (SSSR count). The summed E-state index contributed by atoms with van der Waals surface area (Å²) in [6.07, 6.45) is 0.476. The molecule has 0 aliphatic heterocycles. The minimum absolute atomic E-state index is 0.476. The van der Waals surface area contributed by atoms with E-state index in [9.17, 15) is 0 Å². The summed E-state index contributed by atoms with van der Waals surface area (Å²) in [6, 6.07) is 1.93. The summed E-state index contributed by atoms with van der Waals surface area (Å²) in [6.45, 7) is 0.515. The van der Waals surface area contributed by atoms with Crippen LogP contribution in [0.2, 0.25) is 0 Å². The molecule has 0 fully saturated rings. The fraction of sp³-hybridized carbons (Fsp3) is 0.667. The molecule has 6 heavy (non-hydrogen) atoms. The molecule has 1 unspecified atom stereocenters. The highest BCUT2D eigenvalue weighted by molar-refractivity contribution is 7.09. The first-order valence-electron chi connectivity index (χ1n) is 1.60. The van der Waals surface area contributed by atoms with Crippen molar-refractivity contribution in [3.63, 3.8) is 0 Å². The van der Waals surface area contributed by atoms with Gasteiger partial charge in [-0.15, -0.1) is 0 Å². The van der Waals surface area contributed by atoms with Crippen molar-refractivity contribution in [1.82, 2.24) is 0 Å². The summed E-state index contributed by atoms with van der Waals surface area (Å²) in [5, 5.41) is 7.86. The zero-order valence-electron chi connectivity index (χ0n) is 3.35. The highest BCUT2D eigenvalue weighted by atomic mass is 31.0. The Balaban J connectivity index is 2.54. The third-order valence-corrected chi connectivity index (χ3v) is 0.567. The molecule has 1 atom stereocenters. The Hall–Kier alpha value is -0.120. The van der Waals surface area contributed by atoms with Gasteiger partial charge in [-0.1, -0.05) is 0 Å². The van der Waals surface area contributed by atoms with Crippen molar-refractivity contribution < 1.29 is 4.52 Å². The summed E-state index contributed by atoms with van der Waals surface area (Å²) in [4.78, 5) is 0. The van der Waals surface area contributed by atoms with Gasteiger partial charge in [-0.05, 0) is 0 Å². The van der Waals surface area contributed by atoms with Crippen molar-refractivity contribution in [2.75, 3.05) is 6.61 Å². The monoisotopic (exact) mass is 103 g/mol. The van der Waals surface area contributed by atoms with Gasteiger partial charge in [0.25, 0.3) is 0 Å². The lowest BCUT2D eigenvalue weighted by atomic mass is 10.5. The van der Waals surface area contributed by atoms with E-state index in [1.165, 1.54) is 0 Å². The van der Waals surface area contributed by atoms with Gasteiger partial charge in [-0.2, -0.15) is 5.26 Å². The van der Waals surface area contributed by atoms with Crippen molar-refractivity contribution in [3.8, 4) is 6.07 Å². The number of nitrogens with zero attached hydrogens (tertiary/aromatic N) is 1. The van der Waals surface area contributed by atoms with Crippen LogP contribution in [0.4, 0.5) is 0 Å². The Morgan fingerprint density at radius 1 is 1.83 bits per heavy atom. The Labute approximate surface area is 39.4 Å². The van der Waals surface area contributed by atoms with Crippen molar-refractivity contribution in [2.24, 2.45) is 0 Å². The second-order valence-electron chi connectivity index (χ2n) is 0.779. The SMILES string of the molecule is N#CCCOP. The maximum atomic E-state index is 7.86. The summed E-state index contributed by atoms with van der Waals surface area (Å²) in [5.74, 6) is 0. The van der Waals surface area contributed by atoms with E-state index in [0.717, 1.165) is 0 Å². The van der Waals surface area contributed by atoms with E-state index in [4.69, 9.17) is 5.26 Å². The fourth-order valence-corrected chi connectivity index (χ4v) is 0.222. The number of nitriles is 1. The van der Waals surface area contributed by atoms with Crippen LogP contribution in [0.15, 0.2) is 0 Å². The van der Waals surface area contributed by atoms with E-state index in [2.05, 4.69) is 14.0 Å². The number of rotatable bonds is 2. The zero-order chi connectivity index (χ0) is 4.83. The predicted molar refractivity (Wildman–Crippen MR) is 25.9 cm³/mol. The van der Waals surface area contributed by atoms with Crippen LogP contribution in [0.5, 0.6) is 0 Å². The van der Waals surface area contributed by atoms with Crippen LogP contribution in [-0.4, -0.2) is 6.61 Å². The van der Waals surface area contributed by atoms with Gasteiger partial charge in [0.05, 0.1) is 19.1 Å². The van der Waals surface area contributed by atoms with Crippen molar-refractivity contribution in [2.45, 2.75) is 6.42 Å². The van der Waals surface area contributed by atoms with Crippen LogP contribution in [0, 0.1) is 11.3 Å². The molecule has 0 bridgehead atoms. The molecule has 0 saturated carbocycles. The molecule has 3 heteroatoms. The van der Waals surface area contributed by atoms with Crippen molar-refractivity contribution in [3.05, 3.63) is 0 Å².